The summed E-state index contributed by atoms with van der Waals surface area (Å²) in [4.78, 5) is 25.1. The van der Waals surface area contributed by atoms with E-state index in [9.17, 15) is 9.59 Å². The van der Waals surface area contributed by atoms with Crippen LogP contribution in [0.25, 0.3) is 6.08 Å². The third-order valence-corrected chi connectivity index (χ3v) is 5.53. The molecule has 0 unspecified atom stereocenters. The molecule has 0 atom stereocenters. The zero-order chi connectivity index (χ0) is 19.0. The molecule has 3 aromatic rings. The smallest absolute Gasteiger partial charge is 0.353 e. The lowest BCUT2D eigenvalue weighted by molar-refractivity contribution is 0.0739. The predicted octanol–water partition coefficient (Wildman–Crippen LogP) is 5.89. The lowest BCUT2D eigenvalue weighted by Crippen LogP contribution is -2.06. The average molecular weight is 417 g/mol. The van der Waals surface area contributed by atoms with E-state index in [-0.39, 0.29) is 11.5 Å². The summed E-state index contributed by atoms with van der Waals surface area (Å²) in [6.07, 6.45) is 1.54. The highest BCUT2D eigenvalue weighted by atomic mass is 35.5. The molecule has 1 aromatic heterocycles. The lowest BCUT2D eigenvalue weighted by Gasteiger charge is -2.04. The Balaban J connectivity index is 1.60. The van der Waals surface area contributed by atoms with Gasteiger partial charge in [-0.2, -0.15) is 0 Å². The Morgan fingerprint density at radius 2 is 1.96 bits per heavy atom. The number of hydrogen-bond donors (Lipinski definition) is 0. The number of Topliss-reactive ketones (excluding diaryl/α,β-unsaturated/α-hetero) is 1. The number of rotatable bonds is 3. The Kier molecular flexibility index (Phi) is 4.74. The highest BCUT2D eigenvalue weighted by molar-refractivity contribution is 7.12. The van der Waals surface area contributed by atoms with E-state index in [2.05, 4.69) is 0 Å². The van der Waals surface area contributed by atoms with Crippen LogP contribution in [0.1, 0.15) is 25.6 Å². The first-order chi connectivity index (χ1) is 13.0. The van der Waals surface area contributed by atoms with E-state index in [1.807, 2.05) is 0 Å². The Labute approximate surface area is 168 Å². The van der Waals surface area contributed by atoms with E-state index in [1.165, 1.54) is 23.5 Å². The highest BCUT2D eigenvalue weighted by Gasteiger charge is 2.28. The van der Waals surface area contributed by atoms with Crippen molar-refractivity contribution in [1.29, 1.82) is 0 Å². The number of halogens is 2. The zero-order valence-corrected chi connectivity index (χ0v) is 15.9. The molecule has 0 aliphatic carbocycles. The quantitative estimate of drug-likeness (QED) is 0.303. The molecule has 1 aliphatic heterocycles. The number of ketones is 1. The second-order valence-electron chi connectivity index (χ2n) is 5.61. The van der Waals surface area contributed by atoms with Crippen molar-refractivity contribution in [3.63, 3.8) is 0 Å². The van der Waals surface area contributed by atoms with Gasteiger partial charge < -0.3 is 9.47 Å². The minimum Gasteiger partial charge on any atom is -0.452 e. The normalized spacial score (nSPS) is 14.1. The summed E-state index contributed by atoms with van der Waals surface area (Å²) in [5.74, 6) is -0.00769. The molecule has 0 bridgehead atoms. The van der Waals surface area contributed by atoms with Crippen LogP contribution >= 0.6 is 34.5 Å². The summed E-state index contributed by atoms with van der Waals surface area (Å²) in [6.45, 7) is 0. The second-order valence-corrected chi connectivity index (χ2v) is 7.34. The van der Waals surface area contributed by atoms with Gasteiger partial charge in [-0.1, -0.05) is 41.4 Å². The van der Waals surface area contributed by atoms with Crippen molar-refractivity contribution in [1.82, 2.24) is 0 Å². The van der Waals surface area contributed by atoms with Crippen molar-refractivity contribution in [3.05, 3.63) is 85.7 Å². The minimum atomic E-state index is -0.462. The fourth-order valence-electron chi connectivity index (χ4n) is 2.56. The molecular formula is C20H10Cl2O4S. The van der Waals surface area contributed by atoms with Gasteiger partial charge in [-0.05, 0) is 41.3 Å². The van der Waals surface area contributed by atoms with Crippen LogP contribution in [0, 0.1) is 0 Å². The van der Waals surface area contributed by atoms with Crippen LogP contribution < -0.4 is 9.47 Å². The number of allylic oxidation sites excluding steroid dienone is 1. The van der Waals surface area contributed by atoms with Crippen molar-refractivity contribution < 1.29 is 19.1 Å². The van der Waals surface area contributed by atoms with Gasteiger partial charge >= 0.3 is 5.97 Å². The van der Waals surface area contributed by atoms with Gasteiger partial charge in [-0.25, -0.2) is 4.79 Å². The minimum absolute atomic E-state index is 0.121. The maximum atomic E-state index is 12.5. The van der Waals surface area contributed by atoms with Crippen molar-refractivity contribution in [2.75, 3.05) is 0 Å². The van der Waals surface area contributed by atoms with E-state index in [0.29, 0.717) is 37.5 Å². The summed E-state index contributed by atoms with van der Waals surface area (Å²) in [7, 11) is 0. The first kappa shape index (κ1) is 17.8. The zero-order valence-electron chi connectivity index (χ0n) is 13.6. The summed E-state index contributed by atoms with van der Waals surface area (Å²) < 4.78 is 11.0. The Hall–Kier alpha value is -2.60. The van der Waals surface area contributed by atoms with E-state index >= 15 is 0 Å². The molecule has 0 fully saturated rings. The topological polar surface area (TPSA) is 52.6 Å². The molecule has 2 aromatic carbocycles. The Morgan fingerprint density at radius 3 is 2.74 bits per heavy atom. The van der Waals surface area contributed by atoms with Gasteiger partial charge in [0.15, 0.2) is 5.76 Å². The molecule has 27 heavy (non-hydrogen) atoms. The molecule has 0 N–H and O–H groups in total. The largest absolute Gasteiger partial charge is 0.452 e. The maximum absolute atomic E-state index is 12.5. The molecule has 0 amide bonds. The highest BCUT2D eigenvalue weighted by Crippen LogP contribution is 2.36. The van der Waals surface area contributed by atoms with E-state index in [0.717, 1.165) is 0 Å². The van der Waals surface area contributed by atoms with Crippen LogP contribution in [-0.2, 0) is 0 Å². The van der Waals surface area contributed by atoms with Crippen LogP contribution in [0.15, 0.2) is 59.7 Å². The van der Waals surface area contributed by atoms with E-state index in [1.54, 1.807) is 47.8 Å². The van der Waals surface area contributed by atoms with Gasteiger partial charge in [-0.3, -0.25) is 4.79 Å². The summed E-state index contributed by atoms with van der Waals surface area (Å²) in [5.41, 5.74) is 0.958. The first-order valence-corrected chi connectivity index (χ1v) is 9.44. The number of carbonyl (C=O) groups is 2. The van der Waals surface area contributed by atoms with E-state index < -0.39 is 5.97 Å². The van der Waals surface area contributed by atoms with Crippen LogP contribution in [0.4, 0.5) is 0 Å². The molecule has 4 nitrogen and oxygen atoms in total. The Bertz CT molecular complexity index is 1090. The van der Waals surface area contributed by atoms with Gasteiger partial charge in [0.05, 0.1) is 15.6 Å². The number of ether oxygens (including phenoxy) is 2. The van der Waals surface area contributed by atoms with Gasteiger partial charge in [-0.15, -0.1) is 11.3 Å². The third-order valence-electron chi connectivity index (χ3n) is 3.84. The molecule has 0 saturated carbocycles. The monoisotopic (exact) mass is 416 g/mol. The van der Waals surface area contributed by atoms with Crippen molar-refractivity contribution in [2.24, 2.45) is 0 Å². The molecule has 7 heteroatoms. The van der Waals surface area contributed by atoms with Gasteiger partial charge in [0.25, 0.3) is 0 Å². The maximum Gasteiger partial charge on any atom is 0.353 e. The number of benzene rings is 2. The predicted molar refractivity (Wildman–Crippen MR) is 105 cm³/mol. The molecule has 1 aliphatic rings. The van der Waals surface area contributed by atoms with Gasteiger partial charge in [0.1, 0.15) is 16.4 Å². The molecule has 134 valence electrons. The molecule has 0 saturated heterocycles. The molecular weight excluding hydrogens is 407 g/mol. The summed E-state index contributed by atoms with van der Waals surface area (Å²) >= 11 is 13.5. The second kappa shape index (κ2) is 7.19. The number of esters is 1. The van der Waals surface area contributed by atoms with Gasteiger partial charge in [0, 0.05) is 6.07 Å². The molecule has 0 radical (unpaired) electrons. The number of carbonyl (C=O) groups excluding carboxylic acids is 2. The average Bonchev–Trinajstić information content (AvgIpc) is 3.28. The molecule has 2 heterocycles. The summed E-state index contributed by atoms with van der Waals surface area (Å²) in [6, 6.07) is 13.2. The SMILES string of the molecule is O=C(Oc1ccc2c(c1)OC(=Cc1cccc(Cl)c1Cl)C2=O)c1cccs1. The lowest BCUT2D eigenvalue weighted by atomic mass is 10.1. The number of thiophene rings is 1. The first-order valence-electron chi connectivity index (χ1n) is 7.81. The van der Waals surface area contributed by atoms with Crippen molar-refractivity contribution >= 4 is 52.4 Å². The van der Waals surface area contributed by atoms with Crippen LogP contribution in [-0.4, -0.2) is 11.8 Å². The fraction of sp³-hybridized carbons (Fsp3) is 0. The van der Waals surface area contributed by atoms with Crippen LogP contribution in [0.3, 0.4) is 0 Å². The summed E-state index contributed by atoms with van der Waals surface area (Å²) in [5, 5.41) is 2.51. The molecule has 4 rings (SSSR count). The van der Waals surface area contributed by atoms with Gasteiger partial charge in [0.2, 0.25) is 5.78 Å². The Morgan fingerprint density at radius 1 is 1.11 bits per heavy atom. The van der Waals surface area contributed by atoms with Crippen LogP contribution in [0.2, 0.25) is 10.0 Å². The fourth-order valence-corrected chi connectivity index (χ4v) is 3.52. The van der Waals surface area contributed by atoms with Crippen molar-refractivity contribution in [2.45, 2.75) is 0 Å². The standard InChI is InChI=1S/C20H10Cl2O4S/c21-14-4-1-3-11(18(14)22)9-16-19(23)13-7-6-12(10-15(13)26-16)25-20(24)17-5-2-8-27-17/h1-10H. The third kappa shape index (κ3) is 3.49. The number of fused-ring (bicyclic) bond motifs is 1. The van der Waals surface area contributed by atoms with Crippen LogP contribution in [0.5, 0.6) is 11.5 Å². The number of hydrogen-bond acceptors (Lipinski definition) is 5. The van der Waals surface area contributed by atoms with E-state index in [4.69, 9.17) is 32.7 Å². The molecule has 0 spiro atoms. The van der Waals surface area contributed by atoms with Crippen molar-refractivity contribution in [3.8, 4) is 11.5 Å².